The number of nitrogens with one attached hydrogen (secondary N) is 2. The zero-order valence-electron chi connectivity index (χ0n) is 19.8. The molecule has 0 unspecified atom stereocenters. The van der Waals surface area contributed by atoms with Crippen molar-refractivity contribution in [1.82, 2.24) is 14.4 Å². The number of aliphatic hydroxyl groups excluding tert-OH is 1. The monoisotopic (exact) mass is 501 g/mol. The van der Waals surface area contributed by atoms with E-state index in [2.05, 4.69) is 32.3 Å². The summed E-state index contributed by atoms with van der Waals surface area (Å²) in [5.41, 5.74) is 6.17. The SMILES string of the molecule is O=C(Nc1cc(NCc2cn3cc(C4CC4)cc(CCO)c3n2)ccn1)[C@H]1C[C@@H]1c1cccc(Cl)c1. The molecule has 2 atom stereocenters. The molecule has 2 aliphatic rings. The minimum Gasteiger partial charge on any atom is -0.396 e. The predicted octanol–water partition coefficient (Wildman–Crippen LogP) is 5.15. The van der Waals surface area contributed by atoms with Crippen molar-refractivity contribution in [2.24, 2.45) is 5.92 Å². The maximum atomic E-state index is 12.8. The first kappa shape index (κ1) is 23.0. The summed E-state index contributed by atoms with van der Waals surface area (Å²) in [7, 11) is 0. The van der Waals surface area contributed by atoms with Crippen LogP contribution in [-0.2, 0) is 17.8 Å². The number of anilines is 2. The number of carbonyl (C=O) groups excluding carboxylic acids is 1. The summed E-state index contributed by atoms with van der Waals surface area (Å²) >= 11 is 6.10. The van der Waals surface area contributed by atoms with E-state index in [4.69, 9.17) is 16.6 Å². The van der Waals surface area contributed by atoms with Crippen LogP contribution >= 0.6 is 11.6 Å². The van der Waals surface area contributed by atoms with Gasteiger partial charge >= 0.3 is 0 Å². The van der Waals surface area contributed by atoms with Crippen LogP contribution in [0.4, 0.5) is 11.5 Å². The van der Waals surface area contributed by atoms with E-state index >= 15 is 0 Å². The van der Waals surface area contributed by atoms with Crippen molar-refractivity contribution in [3.63, 3.8) is 0 Å². The Labute approximate surface area is 214 Å². The van der Waals surface area contributed by atoms with Gasteiger partial charge in [0.1, 0.15) is 11.5 Å². The van der Waals surface area contributed by atoms with Gasteiger partial charge in [-0.1, -0.05) is 29.8 Å². The molecule has 0 radical (unpaired) electrons. The maximum Gasteiger partial charge on any atom is 0.229 e. The van der Waals surface area contributed by atoms with Crippen LogP contribution in [-0.4, -0.2) is 32.0 Å². The van der Waals surface area contributed by atoms with E-state index in [9.17, 15) is 9.90 Å². The minimum atomic E-state index is -0.0616. The van der Waals surface area contributed by atoms with Crippen molar-refractivity contribution < 1.29 is 9.90 Å². The van der Waals surface area contributed by atoms with Crippen LogP contribution in [0.1, 0.15) is 53.5 Å². The summed E-state index contributed by atoms with van der Waals surface area (Å²) in [5.74, 6) is 1.28. The number of benzene rings is 1. The highest BCUT2D eigenvalue weighted by molar-refractivity contribution is 6.30. The van der Waals surface area contributed by atoms with Gasteiger partial charge in [-0.05, 0) is 72.4 Å². The Hall–Kier alpha value is -3.42. The number of fused-ring (bicyclic) bond motifs is 1. The standard InChI is InChI=1S/C28H28ClN5O2/c29-21-3-1-2-18(11-21)24-13-25(24)28(36)33-26-12-22(6-8-30-26)31-14-23-16-34-15-20(17-4-5-17)10-19(7-9-35)27(34)32-23/h1-3,6,8,10-12,15-17,24-25,35H,4-5,7,9,13-14H2,(H2,30,31,33,36)/t24-,25+/m1/s1. The number of carbonyl (C=O) groups is 1. The number of pyridine rings is 2. The molecule has 2 aliphatic carbocycles. The van der Waals surface area contributed by atoms with Gasteiger partial charge in [-0.3, -0.25) is 4.79 Å². The zero-order chi connectivity index (χ0) is 24.6. The largest absolute Gasteiger partial charge is 0.396 e. The highest BCUT2D eigenvalue weighted by Gasteiger charge is 2.44. The number of nitrogens with zero attached hydrogens (tertiary/aromatic N) is 3. The molecular formula is C28H28ClN5O2. The molecule has 3 N–H and O–H groups in total. The summed E-state index contributed by atoms with van der Waals surface area (Å²) in [5, 5.41) is 16.5. The van der Waals surface area contributed by atoms with Gasteiger partial charge in [0.15, 0.2) is 0 Å². The molecule has 2 saturated carbocycles. The molecule has 0 bridgehead atoms. The van der Waals surface area contributed by atoms with Crippen LogP contribution in [0.5, 0.6) is 0 Å². The number of aromatic nitrogens is 3. The first-order chi connectivity index (χ1) is 17.6. The van der Waals surface area contributed by atoms with Gasteiger partial charge in [-0.25, -0.2) is 9.97 Å². The Kier molecular flexibility index (Phi) is 6.11. The maximum absolute atomic E-state index is 12.8. The Morgan fingerprint density at radius 2 is 2.03 bits per heavy atom. The molecule has 7 nitrogen and oxygen atoms in total. The van der Waals surface area contributed by atoms with E-state index in [-0.39, 0.29) is 24.3 Å². The smallest absolute Gasteiger partial charge is 0.229 e. The van der Waals surface area contributed by atoms with Gasteiger partial charge in [0.2, 0.25) is 5.91 Å². The lowest BCUT2D eigenvalue weighted by molar-refractivity contribution is -0.117. The number of hydrogen-bond donors (Lipinski definition) is 3. The van der Waals surface area contributed by atoms with Crippen molar-refractivity contribution in [2.45, 2.75) is 44.1 Å². The van der Waals surface area contributed by atoms with E-state index < -0.39 is 0 Å². The van der Waals surface area contributed by atoms with Crippen LogP contribution in [0.2, 0.25) is 5.02 Å². The average molecular weight is 502 g/mol. The fourth-order valence-electron chi connectivity index (χ4n) is 4.88. The second-order valence-electron chi connectivity index (χ2n) is 9.79. The Morgan fingerprint density at radius 3 is 2.83 bits per heavy atom. The third kappa shape index (κ3) is 4.94. The fraction of sp³-hybridized carbons (Fsp3) is 0.321. The van der Waals surface area contributed by atoms with Crippen molar-refractivity contribution >= 4 is 34.7 Å². The molecule has 184 valence electrons. The third-order valence-corrected chi connectivity index (χ3v) is 7.25. The highest BCUT2D eigenvalue weighted by atomic mass is 35.5. The number of aliphatic hydroxyl groups is 1. The van der Waals surface area contributed by atoms with Gasteiger partial charge in [-0.15, -0.1) is 0 Å². The molecule has 0 spiro atoms. The van der Waals surface area contributed by atoms with E-state index in [1.54, 1.807) is 6.20 Å². The molecule has 36 heavy (non-hydrogen) atoms. The molecule has 6 rings (SSSR count). The van der Waals surface area contributed by atoms with Gasteiger partial charge in [-0.2, -0.15) is 0 Å². The van der Waals surface area contributed by atoms with Crippen LogP contribution in [0.3, 0.4) is 0 Å². The number of imidazole rings is 1. The Bertz CT molecular complexity index is 1430. The summed E-state index contributed by atoms with van der Waals surface area (Å²) in [6.07, 6.45) is 9.77. The minimum absolute atomic E-state index is 0.0205. The van der Waals surface area contributed by atoms with E-state index in [0.717, 1.165) is 34.6 Å². The van der Waals surface area contributed by atoms with Crippen molar-refractivity contribution in [1.29, 1.82) is 0 Å². The molecule has 1 amide bonds. The number of rotatable bonds is 9. The summed E-state index contributed by atoms with van der Waals surface area (Å²) < 4.78 is 2.08. The lowest BCUT2D eigenvalue weighted by Gasteiger charge is -2.08. The second kappa shape index (κ2) is 9.56. The average Bonchev–Trinajstić information content (AvgIpc) is 3.79. The van der Waals surface area contributed by atoms with Crippen LogP contribution < -0.4 is 10.6 Å². The van der Waals surface area contributed by atoms with E-state index in [0.29, 0.717) is 29.7 Å². The van der Waals surface area contributed by atoms with Gasteiger partial charge in [0, 0.05) is 47.9 Å². The topological polar surface area (TPSA) is 91.6 Å². The summed E-state index contributed by atoms with van der Waals surface area (Å²) in [6, 6.07) is 13.6. The Morgan fingerprint density at radius 1 is 1.14 bits per heavy atom. The molecule has 0 saturated heterocycles. The predicted molar refractivity (Wildman–Crippen MR) is 140 cm³/mol. The van der Waals surface area contributed by atoms with Crippen LogP contribution in [0.15, 0.2) is 61.1 Å². The van der Waals surface area contributed by atoms with Crippen LogP contribution in [0.25, 0.3) is 5.65 Å². The van der Waals surface area contributed by atoms with Gasteiger partial charge in [0.25, 0.3) is 0 Å². The quantitative estimate of drug-likeness (QED) is 0.295. The van der Waals surface area contributed by atoms with Gasteiger partial charge < -0.3 is 20.1 Å². The molecule has 3 aromatic heterocycles. The first-order valence-corrected chi connectivity index (χ1v) is 12.8. The van der Waals surface area contributed by atoms with Crippen molar-refractivity contribution in [2.75, 3.05) is 17.2 Å². The summed E-state index contributed by atoms with van der Waals surface area (Å²) in [4.78, 5) is 21.9. The molecule has 0 aliphatic heterocycles. The molecule has 8 heteroatoms. The molecule has 2 fully saturated rings. The van der Waals surface area contributed by atoms with Crippen LogP contribution in [0, 0.1) is 5.92 Å². The molecular weight excluding hydrogens is 474 g/mol. The van der Waals surface area contributed by atoms with E-state index in [1.807, 2.05) is 42.6 Å². The number of halogens is 1. The summed E-state index contributed by atoms with van der Waals surface area (Å²) in [6.45, 7) is 0.645. The number of amides is 1. The van der Waals surface area contributed by atoms with E-state index in [1.165, 1.54) is 18.4 Å². The normalized spacial score (nSPS) is 18.8. The van der Waals surface area contributed by atoms with Crippen molar-refractivity contribution in [3.05, 3.63) is 88.5 Å². The second-order valence-corrected chi connectivity index (χ2v) is 10.2. The molecule has 4 aromatic rings. The third-order valence-electron chi connectivity index (χ3n) is 7.02. The fourth-order valence-corrected chi connectivity index (χ4v) is 5.08. The van der Waals surface area contributed by atoms with Gasteiger partial charge in [0.05, 0.1) is 12.2 Å². The lowest BCUT2D eigenvalue weighted by Crippen LogP contribution is -2.15. The lowest BCUT2D eigenvalue weighted by atomic mass is 10.1. The molecule has 3 heterocycles. The molecule has 1 aromatic carbocycles. The number of hydrogen-bond acceptors (Lipinski definition) is 5. The first-order valence-electron chi connectivity index (χ1n) is 12.4. The highest BCUT2D eigenvalue weighted by Crippen LogP contribution is 2.48. The van der Waals surface area contributed by atoms with Crippen molar-refractivity contribution in [3.8, 4) is 0 Å². The zero-order valence-corrected chi connectivity index (χ0v) is 20.6. The Balaban J connectivity index is 1.10.